The summed E-state index contributed by atoms with van der Waals surface area (Å²) in [5.74, 6) is 1.78. The van der Waals surface area contributed by atoms with E-state index in [-0.39, 0.29) is 0 Å². The Morgan fingerprint density at radius 3 is 1.67 bits per heavy atom. The smallest absolute Gasteiger partial charge is 0.238 e. The molecule has 3 aromatic heterocycles. The fourth-order valence-corrected chi connectivity index (χ4v) is 10.9. The van der Waals surface area contributed by atoms with Gasteiger partial charge in [0.05, 0.1) is 16.4 Å². The first-order valence-corrected chi connectivity index (χ1v) is 21.4. The number of benzene rings is 9. The van der Waals surface area contributed by atoms with E-state index in [1.165, 1.54) is 49.9 Å². The van der Waals surface area contributed by atoms with Crippen LogP contribution in [-0.2, 0) is 5.41 Å². The Bertz CT molecular complexity index is 3810. The number of para-hydroxylation sites is 3. The van der Waals surface area contributed by atoms with Crippen LogP contribution in [0.4, 0.5) is 0 Å². The summed E-state index contributed by atoms with van der Waals surface area (Å²) < 4.78 is 8.65. The van der Waals surface area contributed by atoms with E-state index in [0.29, 0.717) is 17.6 Å². The van der Waals surface area contributed by atoms with Crippen molar-refractivity contribution in [2.45, 2.75) is 5.41 Å². The maximum atomic E-state index is 6.41. The fraction of sp³-hybridized carbons (Fsp3) is 0.0172. The molecule has 14 rings (SSSR count). The molecule has 0 saturated carbocycles. The highest BCUT2D eigenvalue weighted by Gasteiger charge is 2.52. The Hall–Kier alpha value is -8.41. The van der Waals surface area contributed by atoms with E-state index in [1.807, 2.05) is 30.3 Å². The van der Waals surface area contributed by atoms with Crippen molar-refractivity contribution in [2.75, 3.05) is 0 Å². The molecule has 12 aromatic rings. The molecule has 63 heavy (non-hydrogen) atoms. The van der Waals surface area contributed by atoms with Crippen LogP contribution >= 0.6 is 0 Å². The molecule has 0 atom stereocenters. The van der Waals surface area contributed by atoms with Crippen LogP contribution in [0.15, 0.2) is 211 Å². The second-order valence-corrected chi connectivity index (χ2v) is 16.6. The van der Waals surface area contributed by atoms with E-state index >= 15 is 0 Å². The topological polar surface area (TPSA) is 56.7 Å². The van der Waals surface area contributed by atoms with Gasteiger partial charge in [0.2, 0.25) is 5.95 Å². The van der Waals surface area contributed by atoms with Crippen molar-refractivity contribution in [3.63, 3.8) is 0 Å². The third kappa shape index (κ3) is 4.63. The maximum Gasteiger partial charge on any atom is 0.238 e. The van der Waals surface area contributed by atoms with E-state index in [2.05, 4.69) is 180 Å². The van der Waals surface area contributed by atoms with Crippen molar-refractivity contribution in [1.82, 2.24) is 19.5 Å². The highest BCUT2D eigenvalue weighted by atomic mass is 16.3. The standard InChI is InChI=1S/C58H34N4O/c1-2-15-36(16-3-1)55-59-56(37-31-29-35(30-32-37)38-22-14-23-42-41-19-8-13-28-51(41)63-54(38)42)61-57(60-55)62-49-27-12-7-21-44(49)53-50(62)34-33-48-52(53)43-20-6-11-26-47(43)58(48)45-24-9-4-17-39(45)40-18-5-10-25-46(40)58/h1-34H. The lowest BCUT2D eigenvalue weighted by molar-refractivity contribution is 0.670. The van der Waals surface area contributed by atoms with Gasteiger partial charge >= 0.3 is 0 Å². The Labute approximate surface area is 362 Å². The van der Waals surface area contributed by atoms with Gasteiger partial charge in [0.25, 0.3) is 0 Å². The molecule has 0 amide bonds. The molecule has 3 heterocycles. The molecule has 5 heteroatoms. The Morgan fingerprint density at radius 1 is 0.365 bits per heavy atom. The first-order chi connectivity index (χ1) is 31.3. The lowest BCUT2D eigenvalue weighted by atomic mass is 9.70. The molecule has 0 aliphatic heterocycles. The van der Waals surface area contributed by atoms with Crippen LogP contribution in [0, 0.1) is 0 Å². The van der Waals surface area contributed by atoms with E-state index in [1.54, 1.807) is 0 Å². The van der Waals surface area contributed by atoms with Crippen molar-refractivity contribution in [1.29, 1.82) is 0 Å². The zero-order valence-corrected chi connectivity index (χ0v) is 33.8. The average Bonchev–Trinajstić information content (AvgIpc) is 4.08. The minimum atomic E-state index is -0.445. The van der Waals surface area contributed by atoms with E-state index < -0.39 is 5.41 Å². The van der Waals surface area contributed by atoms with Gasteiger partial charge in [-0.1, -0.05) is 188 Å². The van der Waals surface area contributed by atoms with Crippen LogP contribution in [-0.4, -0.2) is 19.5 Å². The fourth-order valence-electron chi connectivity index (χ4n) is 10.9. The van der Waals surface area contributed by atoms with Crippen LogP contribution < -0.4 is 0 Å². The molecule has 2 aliphatic rings. The highest BCUT2D eigenvalue weighted by molar-refractivity contribution is 6.19. The molecular weight excluding hydrogens is 769 g/mol. The van der Waals surface area contributed by atoms with E-state index in [4.69, 9.17) is 19.4 Å². The largest absolute Gasteiger partial charge is 0.455 e. The number of hydrogen-bond donors (Lipinski definition) is 0. The molecule has 0 fully saturated rings. The minimum Gasteiger partial charge on any atom is -0.455 e. The third-order valence-electron chi connectivity index (χ3n) is 13.5. The molecule has 0 saturated heterocycles. The molecule has 0 bridgehead atoms. The first-order valence-electron chi connectivity index (χ1n) is 21.4. The highest BCUT2D eigenvalue weighted by Crippen LogP contribution is 2.64. The number of fused-ring (bicyclic) bond motifs is 17. The number of nitrogens with zero attached hydrogens (tertiary/aromatic N) is 4. The molecule has 0 radical (unpaired) electrons. The van der Waals surface area contributed by atoms with Crippen molar-refractivity contribution in [2.24, 2.45) is 0 Å². The summed E-state index contributed by atoms with van der Waals surface area (Å²) in [4.78, 5) is 15.8. The second kappa shape index (κ2) is 12.8. The summed E-state index contributed by atoms with van der Waals surface area (Å²) in [6, 6.07) is 73.6. The van der Waals surface area contributed by atoms with Gasteiger partial charge < -0.3 is 4.42 Å². The molecule has 0 unspecified atom stereocenters. The molecule has 1 spiro atoms. The summed E-state index contributed by atoms with van der Waals surface area (Å²) in [5.41, 5.74) is 17.7. The number of furan rings is 1. The lowest BCUT2D eigenvalue weighted by Crippen LogP contribution is -2.25. The summed E-state index contributed by atoms with van der Waals surface area (Å²) in [7, 11) is 0. The predicted molar refractivity (Wildman–Crippen MR) is 254 cm³/mol. The monoisotopic (exact) mass is 802 g/mol. The number of hydrogen-bond acceptors (Lipinski definition) is 4. The number of rotatable bonds is 4. The summed E-state index contributed by atoms with van der Waals surface area (Å²) in [6.45, 7) is 0. The SMILES string of the molecule is c1ccc(-c2nc(-c3ccc(-c4cccc5c4oc4ccccc45)cc3)nc(-n3c4ccccc4c4c5c(ccc43)C3(c4ccccc4-c4ccccc43)c3ccccc3-5)n2)cc1. The molecule has 5 nitrogen and oxygen atoms in total. The summed E-state index contributed by atoms with van der Waals surface area (Å²) in [5, 5.41) is 4.57. The summed E-state index contributed by atoms with van der Waals surface area (Å²) >= 11 is 0. The zero-order chi connectivity index (χ0) is 41.2. The normalized spacial score (nSPS) is 13.2. The van der Waals surface area contributed by atoms with Crippen molar-refractivity contribution in [3.8, 4) is 62.1 Å². The second-order valence-electron chi connectivity index (χ2n) is 16.6. The Morgan fingerprint density at radius 2 is 0.921 bits per heavy atom. The predicted octanol–water partition coefficient (Wildman–Crippen LogP) is 14.2. The van der Waals surface area contributed by atoms with Crippen LogP contribution in [0.5, 0.6) is 0 Å². The van der Waals surface area contributed by atoms with E-state index in [0.717, 1.165) is 60.6 Å². The molecule has 292 valence electrons. The van der Waals surface area contributed by atoms with Crippen molar-refractivity contribution < 1.29 is 4.42 Å². The van der Waals surface area contributed by atoms with Gasteiger partial charge in [-0.05, 0) is 68.3 Å². The third-order valence-corrected chi connectivity index (χ3v) is 13.5. The lowest BCUT2D eigenvalue weighted by Gasteiger charge is -2.30. The van der Waals surface area contributed by atoms with Crippen molar-refractivity contribution in [3.05, 3.63) is 229 Å². The average molecular weight is 803 g/mol. The molecule has 0 N–H and O–H groups in total. The van der Waals surface area contributed by atoms with Gasteiger partial charge in [-0.25, -0.2) is 4.98 Å². The van der Waals surface area contributed by atoms with Gasteiger partial charge in [0.15, 0.2) is 11.6 Å². The zero-order valence-electron chi connectivity index (χ0n) is 33.8. The van der Waals surface area contributed by atoms with Crippen LogP contribution in [0.25, 0.3) is 106 Å². The van der Waals surface area contributed by atoms with Crippen LogP contribution in [0.1, 0.15) is 22.3 Å². The molecule has 2 aliphatic carbocycles. The van der Waals surface area contributed by atoms with Gasteiger partial charge in [0, 0.05) is 38.2 Å². The maximum absolute atomic E-state index is 6.41. The van der Waals surface area contributed by atoms with Gasteiger partial charge in [-0.3, -0.25) is 4.57 Å². The minimum absolute atomic E-state index is 0.445. The quantitative estimate of drug-likeness (QED) is 0.178. The van der Waals surface area contributed by atoms with Crippen LogP contribution in [0.2, 0.25) is 0 Å². The van der Waals surface area contributed by atoms with Gasteiger partial charge in [0.1, 0.15) is 11.2 Å². The first kappa shape index (κ1) is 34.3. The Balaban J connectivity index is 0.994. The van der Waals surface area contributed by atoms with Gasteiger partial charge in [-0.2, -0.15) is 9.97 Å². The molecule has 9 aromatic carbocycles. The number of aromatic nitrogens is 4. The van der Waals surface area contributed by atoms with Crippen molar-refractivity contribution >= 4 is 43.7 Å². The van der Waals surface area contributed by atoms with E-state index in [9.17, 15) is 0 Å². The Kier molecular flexibility index (Phi) is 6.97. The van der Waals surface area contributed by atoms with Crippen LogP contribution in [0.3, 0.4) is 0 Å². The van der Waals surface area contributed by atoms with Gasteiger partial charge in [-0.15, -0.1) is 0 Å². The molecular formula is C58H34N4O. The summed E-state index contributed by atoms with van der Waals surface area (Å²) in [6.07, 6.45) is 0.